The third-order valence-electron chi connectivity index (χ3n) is 3.65. The lowest BCUT2D eigenvalue weighted by molar-refractivity contribution is -0.120. The molecule has 0 aliphatic rings. The van der Waals surface area contributed by atoms with Gasteiger partial charge in [0.05, 0.1) is 6.42 Å². The van der Waals surface area contributed by atoms with E-state index in [9.17, 15) is 9.18 Å². The molecule has 0 fully saturated rings. The molecule has 2 aromatic carbocycles. The monoisotopic (exact) mass is 370 g/mol. The molecule has 132 valence electrons. The number of ether oxygens (including phenoxy) is 1. The van der Waals surface area contributed by atoms with Crippen molar-refractivity contribution < 1.29 is 13.9 Å². The Morgan fingerprint density at radius 2 is 1.88 bits per heavy atom. The summed E-state index contributed by atoms with van der Waals surface area (Å²) >= 11 is 6.07. The van der Waals surface area contributed by atoms with Crippen LogP contribution in [0.5, 0.6) is 11.6 Å². The van der Waals surface area contributed by atoms with Crippen LogP contribution in [0.15, 0.2) is 66.9 Å². The number of nitrogens with one attached hydrogen (secondary N) is 1. The van der Waals surface area contributed by atoms with Gasteiger partial charge in [0, 0.05) is 29.4 Å². The van der Waals surface area contributed by atoms with E-state index < -0.39 is 5.82 Å². The van der Waals surface area contributed by atoms with Crippen LogP contribution in [-0.4, -0.2) is 10.9 Å². The first-order chi connectivity index (χ1) is 12.6. The van der Waals surface area contributed by atoms with Crippen molar-refractivity contribution in [2.45, 2.75) is 13.0 Å². The van der Waals surface area contributed by atoms with Crippen LogP contribution in [0, 0.1) is 5.82 Å². The number of amides is 1. The number of hydrogen-bond acceptors (Lipinski definition) is 3. The second kappa shape index (κ2) is 8.45. The minimum Gasteiger partial charge on any atom is -0.439 e. The van der Waals surface area contributed by atoms with Crippen LogP contribution < -0.4 is 10.1 Å². The highest BCUT2D eigenvalue weighted by Crippen LogP contribution is 2.23. The molecule has 0 unspecified atom stereocenters. The van der Waals surface area contributed by atoms with Crippen molar-refractivity contribution in [3.8, 4) is 11.6 Å². The van der Waals surface area contributed by atoms with Gasteiger partial charge in [-0.05, 0) is 29.8 Å². The topological polar surface area (TPSA) is 51.2 Å². The number of carbonyl (C=O) groups is 1. The van der Waals surface area contributed by atoms with E-state index in [1.807, 2.05) is 18.2 Å². The second-order valence-corrected chi connectivity index (χ2v) is 5.98. The highest BCUT2D eigenvalue weighted by atomic mass is 35.5. The zero-order valence-corrected chi connectivity index (χ0v) is 14.5. The predicted molar refractivity (Wildman–Crippen MR) is 97.7 cm³/mol. The first-order valence-corrected chi connectivity index (χ1v) is 8.37. The van der Waals surface area contributed by atoms with E-state index in [0.29, 0.717) is 22.2 Å². The lowest BCUT2D eigenvalue weighted by Gasteiger charge is -2.11. The molecule has 26 heavy (non-hydrogen) atoms. The Bertz CT molecular complexity index is 918. The summed E-state index contributed by atoms with van der Waals surface area (Å²) in [6.07, 6.45) is 1.75. The Morgan fingerprint density at radius 3 is 2.69 bits per heavy atom. The predicted octanol–water partition coefficient (Wildman–Crippen LogP) is 4.53. The first-order valence-electron chi connectivity index (χ1n) is 7.99. The molecule has 3 rings (SSSR count). The Hall–Kier alpha value is -2.92. The van der Waals surface area contributed by atoms with Crippen molar-refractivity contribution in [3.05, 3.63) is 88.8 Å². The van der Waals surface area contributed by atoms with E-state index in [0.717, 1.165) is 5.56 Å². The fraction of sp³-hybridized carbons (Fsp3) is 0.100. The summed E-state index contributed by atoms with van der Waals surface area (Å²) in [6.45, 7) is 0.238. The average Bonchev–Trinajstić information content (AvgIpc) is 2.63. The maximum absolute atomic E-state index is 13.3. The van der Waals surface area contributed by atoms with Gasteiger partial charge in [-0.25, -0.2) is 9.37 Å². The van der Waals surface area contributed by atoms with Gasteiger partial charge >= 0.3 is 0 Å². The third kappa shape index (κ3) is 4.80. The van der Waals surface area contributed by atoms with E-state index in [1.165, 1.54) is 12.1 Å². The summed E-state index contributed by atoms with van der Waals surface area (Å²) in [7, 11) is 0. The molecule has 1 aromatic heterocycles. The minimum atomic E-state index is -0.395. The lowest BCUT2D eigenvalue weighted by Crippen LogP contribution is -2.25. The molecule has 1 amide bonds. The summed E-state index contributed by atoms with van der Waals surface area (Å²) in [5.41, 5.74) is 1.44. The van der Waals surface area contributed by atoms with Gasteiger partial charge in [-0.1, -0.05) is 41.9 Å². The average molecular weight is 371 g/mol. The van der Waals surface area contributed by atoms with Gasteiger partial charge in [-0.15, -0.1) is 0 Å². The summed E-state index contributed by atoms with van der Waals surface area (Å²) < 4.78 is 18.9. The van der Waals surface area contributed by atoms with Crippen molar-refractivity contribution >= 4 is 17.5 Å². The molecule has 0 saturated heterocycles. The van der Waals surface area contributed by atoms with Crippen LogP contribution in [0.4, 0.5) is 4.39 Å². The van der Waals surface area contributed by atoms with Crippen LogP contribution in [-0.2, 0) is 17.8 Å². The first kappa shape index (κ1) is 17.9. The van der Waals surface area contributed by atoms with Gasteiger partial charge in [0.2, 0.25) is 11.8 Å². The molecule has 0 spiro atoms. The van der Waals surface area contributed by atoms with Gasteiger partial charge in [0.1, 0.15) is 11.6 Å². The van der Waals surface area contributed by atoms with E-state index in [1.54, 1.807) is 36.5 Å². The second-order valence-electron chi connectivity index (χ2n) is 5.57. The highest BCUT2D eigenvalue weighted by molar-refractivity contribution is 6.31. The standard InChI is InChI=1S/C20H16ClFN2O2/c21-18-9-2-1-5-14(18)11-19(25)24-13-15-6-4-10-23-20(15)26-17-8-3-7-16(22)12-17/h1-10,12H,11,13H2,(H,24,25). The number of aromatic nitrogens is 1. The molecule has 0 atom stereocenters. The van der Waals surface area contributed by atoms with Gasteiger partial charge in [-0.2, -0.15) is 0 Å². The molecular formula is C20H16ClFN2O2. The van der Waals surface area contributed by atoms with Crippen molar-refractivity contribution in [2.75, 3.05) is 0 Å². The minimum absolute atomic E-state index is 0.168. The number of pyridine rings is 1. The molecule has 0 aliphatic carbocycles. The molecule has 1 N–H and O–H groups in total. The van der Waals surface area contributed by atoms with Crippen molar-refractivity contribution in [3.63, 3.8) is 0 Å². The Balaban J connectivity index is 1.65. The van der Waals surface area contributed by atoms with E-state index in [4.69, 9.17) is 16.3 Å². The van der Waals surface area contributed by atoms with Gasteiger partial charge in [-0.3, -0.25) is 4.79 Å². The molecular weight excluding hydrogens is 355 g/mol. The molecule has 4 nitrogen and oxygen atoms in total. The quantitative estimate of drug-likeness (QED) is 0.693. The van der Waals surface area contributed by atoms with Crippen molar-refractivity contribution in [2.24, 2.45) is 0 Å². The lowest BCUT2D eigenvalue weighted by atomic mass is 10.1. The smallest absolute Gasteiger partial charge is 0.224 e. The number of benzene rings is 2. The molecule has 6 heteroatoms. The molecule has 3 aromatic rings. The van der Waals surface area contributed by atoms with Gasteiger partial charge in [0.25, 0.3) is 0 Å². The van der Waals surface area contributed by atoms with Crippen LogP contribution in [0.1, 0.15) is 11.1 Å². The number of nitrogens with zero attached hydrogens (tertiary/aromatic N) is 1. The van der Waals surface area contributed by atoms with Crippen LogP contribution in [0.3, 0.4) is 0 Å². The van der Waals surface area contributed by atoms with E-state index in [2.05, 4.69) is 10.3 Å². The maximum atomic E-state index is 13.3. The summed E-state index contributed by atoms with van der Waals surface area (Å²) in [5.74, 6) is 0.0927. The van der Waals surface area contributed by atoms with Crippen LogP contribution in [0.2, 0.25) is 5.02 Å². The molecule has 0 bridgehead atoms. The summed E-state index contributed by atoms with van der Waals surface area (Å²) in [4.78, 5) is 16.3. The number of halogens is 2. The summed E-state index contributed by atoms with van der Waals surface area (Å²) in [5, 5.41) is 3.38. The third-order valence-corrected chi connectivity index (χ3v) is 4.01. The highest BCUT2D eigenvalue weighted by Gasteiger charge is 2.10. The van der Waals surface area contributed by atoms with Crippen LogP contribution >= 0.6 is 11.6 Å². The fourth-order valence-electron chi connectivity index (χ4n) is 2.36. The Kier molecular flexibility index (Phi) is 5.81. The van der Waals surface area contributed by atoms with E-state index in [-0.39, 0.29) is 18.9 Å². The molecule has 0 saturated carbocycles. The van der Waals surface area contributed by atoms with Crippen molar-refractivity contribution in [1.29, 1.82) is 0 Å². The number of hydrogen-bond donors (Lipinski definition) is 1. The number of rotatable bonds is 6. The van der Waals surface area contributed by atoms with Gasteiger partial charge < -0.3 is 10.1 Å². The summed E-state index contributed by atoms with van der Waals surface area (Å²) in [6, 6.07) is 16.5. The normalized spacial score (nSPS) is 10.4. The Morgan fingerprint density at radius 1 is 1.08 bits per heavy atom. The molecule has 1 heterocycles. The molecule has 0 radical (unpaired) electrons. The fourth-order valence-corrected chi connectivity index (χ4v) is 2.57. The van der Waals surface area contributed by atoms with Crippen molar-refractivity contribution in [1.82, 2.24) is 10.3 Å². The maximum Gasteiger partial charge on any atom is 0.224 e. The zero-order valence-electron chi connectivity index (χ0n) is 13.8. The largest absolute Gasteiger partial charge is 0.439 e. The molecule has 0 aliphatic heterocycles. The number of carbonyl (C=O) groups excluding carboxylic acids is 1. The Labute approximate surface area is 155 Å². The SMILES string of the molecule is O=C(Cc1ccccc1Cl)NCc1cccnc1Oc1cccc(F)c1. The zero-order chi connectivity index (χ0) is 18.4. The van der Waals surface area contributed by atoms with E-state index >= 15 is 0 Å². The van der Waals surface area contributed by atoms with Gasteiger partial charge in [0.15, 0.2) is 0 Å². The van der Waals surface area contributed by atoms with Crippen LogP contribution in [0.25, 0.3) is 0 Å².